The van der Waals surface area contributed by atoms with Crippen molar-refractivity contribution in [2.45, 2.75) is 41.0 Å². The third-order valence-corrected chi connectivity index (χ3v) is 3.32. The van der Waals surface area contributed by atoms with Gasteiger partial charge in [0.15, 0.2) is 0 Å². The van der Waals surface area contributed by atoms with Gasteiger partial charge < -0.3 is 5.11 Å². The Kier molecular flexibility index (Phi) is 2.28. The maximum atomic E-state index is 9.11. The highest BCUT2D eigenvalue weighted by Gasteiger charge is 2.57. The number of aliphatic hydroxyl groups excluding tert-OH is 1. The van der Waals surface area contributed by atoms with Crippen LogP contribution < -0.4 is 0 Å². The highest BCUT2D eigenvalue weighted by molar-refractivity contribution is 5.05. The molecule has 1 nitrogen and oxygen atoms in total. The Hall–Kier alpha value is -0.0400. The van der Waals surface area contributed by atoms with Gasteiger partial charge in [-0.05, 0) is 29.1 Å². The monoisotopic (exact) mass is 170 g/mol. The van der Waals surface area contributed by atoms with E-state index < -0.39 is 0 Å². The van der Waals surface area contributed by atoms with Crippen molar-refractivity contribution in [3.63, 3.8) is 0 Å². The molecule has 12 heavy (non-hydrogen) atoms. The summed E-state index contributed by atoms with van der Waals surface area (Å²) in [4.78, 5) is 0. The Balaban J connectivity index is 2.48. The summed E-state index contributed by atoms with van der Waals surface area (Å²) in [6.45, 7) is 11.7. The van der Waals surface area contributed by atoms with E-state index >= 15 is 0 Å². The van der Waals surface area contributed by atoms with E-state index in [1.807, 2.05) is 0 Å². The normalized spacial score (nSPS) is 33.5. The summed E-state index contributed by atoms with van der Waals surface area (Å²) in [5.74, 6) is 1.29. The van der Waals surface area contributed by atoms with Crippen molar-refractivity contribution in [2.75, 3.05) is 6.61 Å². The van der Waals surface area contributed by atoms with E-state index in [0.29, 0.717) is 23.4 Å². The zero-order valence-electron chi connectivity index (χ0n) is 9.02. The smallest absolute Gasteiger partial charge is 0.0467 e. The molecule has 72 valence electrons. The van der Waals surface area contributed by atoms with Crippen molar-refractivity contribution in [2.24, 2.45) is 22.7 Å². The molecule has 0 aromatic heterocycles. The first-order valence-electron chi connectivity index (χ1n) is 4.90. The Morgan fingerprint density at radius 3 is 1.92 bits per heavy atom. The topological polar surface area (TPSA) is 20.2 Å². The van der Waals surface area contributed by atoms with Crippen LogP contribution in [-0.2, 0) is 0 Å². The number of aliphatic hydroxyl groups is 1. The molecule has 0 heterocycles. The predicted octanol–water partition coefficient (Wildman–Crippen LogP) is 2.69. The fraction of sp³-hybridized carbons (Fsp3) is 1.00. The minimum Gasteiger partial charge on any atom is -0.396 e. The Morgan fingerprint density at radius 1 is 1.17 bits per heavy atom. The van der Waals surface area contributed by atoms with Crippen LogP contribution in [0.25, 0.3) is 0 Å². The molecule has 0 radical (unpaired) electrons. The van der Waals surface area contributed by atoms with Crippen molar-refractivity contribution in [1.29, 1.82) is 0 Å². The van der Waals surface area contributed by atoms with Crippen molar-refractivity contribution in [3.8, 4) is 0 Å². The van der Waals surface area contributed by atoms with Crippen LogP contribution in [0.5, 0.6) is 0 Å². The van der Waals surface area contributed by atoms with Crippen molar-refractivity contribution < 1.29 is 5.11 Å². The lowest BCUT2D eigenvalue weighted by Crippen LogP contribution is -2.08. The maximum Gasteiger partial charge on any atom is 0.0467 e. The largest absolute Gasteiger partial charge is 0.396 e. The highest BCUT2D eigenvalue weighted by Crippen LogP contribution is 2.61. The number of rotatable bonds is 2. The fourth-order valence-corrected chi connectivity index (χ4v) is 2.29. The van der Waals surface area contributed by atoms with E-state index in [1.54, 1.807) is 0 Å². The summed E-state index contributed by atoms with van der Waals surface area (Å²) in [6.07, 6.45) is 1.24. The molecule has 0 aromatic carbocycles. The van der Waals surface area contributed by atoms with Crippen LogP contribution in [0.1, 0.15) is 41.0 Å². The van der Waals surface area contributed by atoms with Crippen LogP contribution >= 0.6 is 0 Å². The van der Waals surface area contributed by atoms with E-state index in [4.69, 9.17) is 5.11 Å². The van der Waals surface area contributed by atoms with Gasteiger partial charge in [0.05, 0.1) is 0 Å². The Labute approximate surface area is 76.2 Å². The van der Waals surface area contributed by atoms with E-state index in [1.165, 1.54) is 6.42 Å². The second-order valence-electron chi connectivity index (χ2n) is 5.98. The molecular formula is C11H22O. The maximum absolute atomic E-state index is 9.11. The van der Waals surface area contributed by atoms with Gasteiger partial charge in [-0.3, -0.25) is 0 Å². The van der Waals surface area contributed by atoms with Crippen LogP contribution in [0.3, 0.4) is 0 Å². The van der Waals surface area contributed by atoms with Gasteiger partial charge >= 0.3 is 0 Å². The average molecular weight is 170 g/mol. The zero-order chi connectivity index (χ0) is 9.57. The van der Waals surface area contributed by atoms with Gasteiger partial charge in [0.2, 0.25) is 0 Å². The van der Waals surface area contributed by atoms with Crippen molar-refractivity contribution in [3.05, 3.63) is 0 Å². The number of hydrogen-bond acceptors (Lipinski definition) is 1. The first kappa shape index (κ1) is 10.0. The second-order valence-corrected chi connectivity index (χ2v) is 5.98. The molecule has 0 spiro atoms. The lowest BCUT2D eigenvalue weighted by Gasteiger charge is -2.18. The minimum atomic E-state index is 0.369. The molecule has 1 saturated carbocycles. The minimum absolute atomic E-state index is 0.369. The van der Waals surface area contributed by atoms with Crippen LogP contribution in [0.2, 0.25) is 0 Å². The van der Waals surface area contributed by atoms with Crippen molar-refractivity contribution in [1.82, 2.24) is 0 Å². The molecule has 1 aliphatic rings. The Bertz CT molecular complexity index is 164. The van der Waals surface area contributed by atoms with Gasteiger partial charge in [-0.15, -0.1) is 0 Å². The first-order chi connectivity index (χ1) is 5.29. The number of hydrogen-bond donors (Lipinski definition) is 1. The van der Waals surface area contributed by atoms with Crippen LogP contribution in [0, 0.1) is 22.7 Å². The zero-order valence-corrected chi connectivity index (χ0v) is 9.02. The van der Waals surface area contributed by atoms with E-state index in [-0.39, 0.29) is 0 Å². The molecule has 1 heteroatoms. The van der Waals surface area contributed by atoms with Gasteiger partial charge in [-0.2, -0.15) is 0 Å². The highest BCUT2D eigenvalue weighted by atomic mass is 16.3. The third-order valence-electron chi connectivity index (χ3n) is 3.32. The molecular weight excluding hydrogens is 148 g/mol. The summed E-state index contributed by atoms with van der Waals surface area (Å²) in [6, 6.07) is 0. The molecule has 2 unspecified atom stereocenters. The van der Waals surface area contributed by atoms with Gasteiger partial charge in [0.25, 0.3) is 0 Å². The fourth-order valence-electron chi connectivity index (χ4n) is 2.29. The summed E-state index contributed by atoms with van der Waals surface area (Å²) in [5.41, 5.74) is 0.799. The molecule has 1 rings (SSSR count). The van der Waals surface area contributed by atoms with Crippen molar-refractivity contribution >= 4 is 0 Å². The van der Waals surface area contributed by atoms with Crippen LogP contribution in [0.15, 0.2) is 0 Å². The Morgan fingerprint density at radius 2 is 1.67 bits per heavy atom. The van der Waals surface area contributed by atoms with Crippen LogP contribution in [-0.4, -0.2) is 11.7 Å². The van der Waals surface area contributed by atoms with Crippen LogP contribution in [0.4, 0.5) is 0 Å². The molecule has 0 bridgehead atoms. The van der Waals surface area contributed by atoms with E-state index in [9.17, 15) is 0 Å². The van der Waals surface area contributed by atoms with Gasteiger partial charge in [-0.1, -0.05) is 34.6 Å². The third kappa shape index (κ3) is 1.82. The molecule has 1 N–H and O–H groups in total. The van der Waals surface area contributed by atoms with Gasteiger partial charge in [0.1, 0.15) is 0 Å². The van der Waals surface area contributed by atoms with E-state index in [2.05, 4.69) is 34.6 Å². The quantitative estimate of drug-likeness (QED) is 0.675. The summed E-state index contributed by atoms with van der Waals surface area (Å²) in [5, 5.41) is 9.11. The second kappa shape index (κ2) is 2.73. The van der Waals surface area contributed by atoms with E-state index in [0.717, 1.165) is 5.92 Å². The molecule has 1 fully saturated rings. The lowest BCUT2D eigenvalue weighted by atomic mass is 9.87. The molecule has 0 aliphatic heterocycles. The average Bonchev–Trinajstić information content (AvgIpc) is 2.30. The summed E-state index contributed by atoms with van der Waals surface area (Å²) in [7, 11) is 0. The summed E-state index contributed by atoms with van der Waals surface area (Å²) < 4.78 is 0. The van der Waals surface area contributed by atoms with Gasteiger partial charge in [0, 0.05) is 6.61 Å². The first-order valence-corrected chi connectivity index (χ1v) is 4.90. The standard InChI is InChI=1S/C11H22O/c1-10(2,3)6-8-9(7-12)11(8,4)5/h8-9,12H,6-7H2,1-5H3. The molecule has 2 atom stereocenters. The summed E-state index contributed by atoms with van der Waals surface area (Å²) >= 11 is 0. The molecule has 0 aromatic rings. The van der Waals surface area contributed by atoms with Gasteiger partial charge in [-0.25, -0.2) is 0 Å². The molecule has 1 aliphatic carbocycles. The SMILES string of the molecule is CC(C)(C)CC1C(CO)C1(C)C. The lowest BCUT2D eigenvalue weighted by molar-refractivity contribution is 0.249. The molecule has 0 amide bonds. The predicted molar refractivity (Wildman–Crippen MR) is 51.9 cm³/mol. The molecule has 0 saturated heterocycles.